The summed E-state index contributed by atoms with van der Waals surface area (Å²) in [6, 6.07) is 7.56. The van der Waals surface area contributed by atoms with Gasteiger partial charge in [0.05, 0.1) is 11.3 Å². The quantitative estimate of drug-likeness (QED) is 0.404. The Morgan fingerprint density at radius 3 is 2.96 bits per heavy atom. The molecule has 1 aromatic carbocycles. The Balaban J connectivity index is 1.77. The van der Waals surface area contributed by atoms with E-state index in [-0.39, 0.29) is 17.2 Å². The number of halogens is 1. The first-order chi connectivity index (χ1) is 11.0. The third-order valence-corrected chi connectivity index (χ3v) is 4.55. The highest BCUT2D eigenvalue weighted by Gasteiger charge is 2.21. The first-order valence-electron chi connectivity index (χ1n) is 7.01. The van der Waals surface area contributed by atoms with E-state index in [0.717, 1.165) is 17.3 Å². The second kappa shape index (κ2) is 6.37. The van der Waals surface area contributed by atoms with E-state index in [1.807, 2.05) is 0 Å². The van der Waals surface area contributed by atoms with Crippen molar-refractivity contribution in [2.75, 3.05) is 11.1 Å². The number of fused-ring (bicyclic) bond motifs is 1. The summed E-state index contributed by atoms with van der Waals surface area (Å²) in [5.74, 6) is -1.25. The van der Waals surface area contributed by atoms with Gasteiger partial charge < -0.3 is 10.5 Å². The van der Waals surface area contributed by atoms with Crippen molar-refractivity contribution in [2.24, 2.45) is 0 Å². The van der Waals surface area contributed by atoms with E-state index in [4.69, 9.17) is 0 Å². The van der Waals surface area contributed by atoms with Crippen LogP contribution in [-0.4, -0.2) is 17.4 Å². The lowest BCUT2D eigenvalue weighted by molar-refractivity contribution is -0.645. The summed E-state index contributed by atoms with van der Waals surface area (Å²) in [6.07, 6.45) is 2.14. The number of aryl methyl sites for hydroxylation is 1. The van der Waals surface area contributed by atoms with E-state index in [9.17, 15) is 19.2 Å². The van der Waals surface area contributed by atoms with Crippen LogP contribution in [0.1, 0.15) is 22.3 Å². The molecule has 3 rings (SSSR count). The number of thioether (sulfide) groups is 1. The number of anilines is 1. The Labute approximate surface area is 136 Å². The van der Waals surface area contributed by atoms with Gasteiger partial charge in [-0.1, -0.05) is 0 Å². The average Bonchev–Trinajstić information content (AvgIpc) is 2.53. The number of carbonyl (C=O) groups excluding carboxylic acids is 2. The molecule has 0 saturated heterocycles. The summed E-state index contributed by atoms with van der Waals surface area (Å²) in [5.41, 5.74) is 1.15. The summed E-state index contributed by atoms with van der Waals surface area (Å²) >= 11 is 1.06. The van der Waals surface area contributed by atoms with Crippen LogP contribution in [0.25, 0.3) is 0 Å². The lowest BCUT2D eigenvalue weighted by Gasteiger charge is -2.17. The smallest absolute Gasteiger partial charge is 0.251 e. The number of hydrogen-bond acceptors (Lipinski definition) is 4. The maximum atomic E-state index is 14.1. The molecule has 23 heavy (non-hydrogen) atoms. The first-order valence-corrected chi connectivity index (χ1v) is 7.99. The van der Waals surface area contributed by atoms with Gasteiger partial charge in [0.2, 0.25) is 5.91 Å². The topological polar surface area (TPSA) is 73.1 Å². The lowest BCUT2D eigenvalue weighted by atomic mass is 9.98. The number of benzene rings is 1. The predicted octanol–water partition coefficient (Wildman–Crippen LogP) is 2.32. The minimum atomic E-state index is -0.667. The van der Waals surface area contributed by atoms with Crippen LogP contribution in [0.15, 0.2) is 41.6 Å². The normalized spacial score (nSPS) is 13.3. The Hall–Kier alpha value is -2.41. The van der Waals surface area contributed by atoms with Crippen molar-refractivity contribution in [3.8, 4) is 0 Å². The van der Waals surface area contributed by atoms with Crippen LogP contribution in [0.5, 0.6) is 0 Å². The molecule has 0 unspecified atom stereocenters. The third kappa shape index (κ3) is 3.34. The summed E-state index contributed by atoms with van der Waals surface area (Å²) in [5, 5.41) is 14.5. The third-order valence-electron chi connectivity index (χ3n) is 3.53. The molecule has 1 amide bonds. The molecule has 2 aromatic rings. The number of Topliss-reactive ketones (excluding diaryl/α,β-unsaturated/α-hetero) is 1. The van der Waals surface area contributed by atoms with E-state index in [1.54, 1.807) is 18.2 Å². The molecular formula is C16H13FN2O3S. The molecular weight excluding hydrogens is 319 g/mol. The fourth-order valence-electron chi connectivity index (χ4n) is 2.36. The van der Waals surface area contributed by atoms with Crippen molar-refractivity contribution in [2.45, 2.75) is 17.9 Å². The monoisotopic (exact) mass is 332 g/mol. The minimum Gasteiger partial charge on any atom is -0.618 e. The van der Waals surface area contributed by atoms with Gasteiger partial charge in [-0.15, -0.1) is 0 Å². The van der Waals surface area contributed by atoms with Crippen LogP contribution < -0.4 is 10.0 Å². The molecule has 1 aromatic heterocycles. The Morgan fingerprint density at radius 2 is 2.17 bits per heavy atom. The van der Waals surface area contributed by atoms with Crippen LogP contribution in [-0.2, 0) is 11.2 Å². The Morgan fingerprint density at radius 1 is 1.35 bits per heavy atom. The number of amides is 1. The van der Waals surface area contributed by atoms with Gasteiger partial charge in [0.1, 0.15) is 5.82 Å². The summed E-state index contributed by atoms with van der Waals surface area (Å²) in [7, 11) is 0. The van der Waals surface area contributed by atoms with E-state index < -0.39 is 11.6 Å². The van der Waals surface area contributed by atoms with Crippen molar-refractivity contribution < 1.29 is 18.7 Å². The van der Waals surface area contributed by atoms with Crippen LogP contribution in [0.3, 0.4) is 0 Å². The van der Waals surface area contributed by atoms with Crippen molar-refractivity contribution in [3.05, 3.63) is 58.7 Å². The molecule has 0 spiro atoms. The van der Waals surface area contributed by atoms with Gasteiger partial charge in [-0.3, -0.25) is 9.59 Å². The van der Waals surface area contributed by atoms with E-state index >= 15 is 0 Å². The fraction of sp³-hybridized carbons (Fsp3) is 0.188. The summed E-state index contributed by atoms with van der Waals surface area (Å²) in [6.45, 7) is 0. The molecule has 0 atom stereocenters. The highest BCUT2D eigenvalue weighted by atomic mass is 32.2. The second-order valence-corrected chi connectivity index (χ2v) is 6.11. The molecule has 0 aliphatic carbocycles. The Kier molecular flexibility index (Phi) is 4.29. The van der Waals surface area contributed by atoms with Crippen molar-refractivity contribution >= 4 is 29.1 Å². The fourth-order valence-corrected chi connectivity index (χ4v) is 3.15. The van der Waals surface area contributed by atoms with Gasteiger partial charge in [0.15, 0.2) is 12.0 Å². The largest absolute Gasteiger partial charge is 0.618 e. The lowest BCUT2D eigenvalue weighted by Crippen LogP contribution is -2.28. The molecule has 0 saturated carbocycles. The average molecular weight is 332 g/mol. The number of nitrogens with zero attached hydrogens (tertiary/aromatic N) is 1. The van der Waals surface area contributed by atoms with Gasteiger partial charge in [-0.2, -0.15) is 4.73 Å². The van der Waals surface area contributed by atoms with Crippen LogP contribution in [0.2, 0.25) is 0 Å². The molecule has 1 N–H and O–H groups in total. The molecule has 2 heterocycles. The zero-order chi connectivity index (χ0) is 16.4. The highest BCUT2D eigenvalue weighted by Crippen LogP contribution is 2.27. The number of nitrogens with one attached hydrogen (secondary N) is 1. The SMILES string of the molecule is O=C1CCc2cc(C(=O)CSc3cccc[n+]3[O-])c(F)cc2N1. The van der Waals surface area contributed by atoms with Crippen LogP contribution >= 0.6 is 11.8 Å². The van der Waals surface area contributed by atoms with Gasteiger partial charge >= 0.3 is 0 Å². The highest BCUT2D eigenvalue weighted by molar-refractivity contribution is 7.99. The maximum absolute atomic E-state index is 14.1. The molecule has 1 aliphatic rings. The zero-order valence-corrected chi connectivity index (χ0v) is 12.9. The molecule has 118 valence electrons. The van der Waals surface area contributed by atoms with E-state index in [0.29, 0.717) is 28.3 Å². The van der Waals surface area contributed by atoms with Crippen molar-refractivity contribution in [1.82, 2.24) is 0 Å². The Bertz CT molecular complexity index is 795. The molecule has 0 fully saturated rings. The number of ketones is 1. The summed E-state index contributed by atoms with van der Waals surface area (Å²) in [4.78, 5) is 23.6. The molecule has 7 heteroatoms. The van der Waals surface area contributed by atoms with Crippen molar-refractivity contribution in [1.29, 1.82) is 0 Å². The minimum absolute atomic E-state index is 0.0132. The van der Waals surface area contributed by atoms with Gasteiger partial charge in [0, 0.05) is 24.2 Å². The van der Waals surface area contributed by atoms with E-state index in [1.165, 1.54) is 18.3 Å². The molecule has 1 aliphatic heterocycles. The van der Waals surface area contributed by atoms with Crippen LogP contribution in [0, 0.1) is 11.0 Å². The molecule has 0 bridgehead atoms. The number of pyridine rings is 1. The molecule has 0 radical (unpaired) electrons. The molecule has 5 nitrogen and oxygen atoms in total. The van der Waals surface area contributed by atoms with Crippen molar-refractivity contribution in [3.63, 3.8) is 0 Å². The number of rotatable bonds is 4. The summed E-state index contributed by atoms with van der Waals surface area (Å²) < 4.78 is 14.8. The first kappa shape index (κ1) is 15.5. The predicted molar refractivity (Wildman–Crippen MR) is 83.8 cm³/mol. The van der Waals surface area contributed by atoms with Crippen LogP contribution in [0.4, 0.5) is 10.1 Å². The zero-order valence-electron chi connectivity index (χ0n) is 12.0. The number of aromatic nitrogens is 1. The second-order valence-electron chi connectivity index (χ2n) is 5.11. The standard InChI is InChI=1S/C16H13FN2O3S/c17-12-8-13-10(4-5-15(21)18-13)7-11(12)14(20)9-23-16-3-1-2-6-19(16)22/h1-3,6-8H,4-5,9H2,(H,18,21). The van der Waals surface area contributed by atoms with Gasteiger partial charge in [-0.05, 0) is 41.9 Å². The number of hydrogen-bond donors (Lipinski definition) is 1. The maximum Gasteiger partial charge on any atom is 0.251 e. The van der Waals surface area contributed by atoms with Gasteiger partial charge in [0.25, 0.3) is 5.03 Å². The van der Waals surface area contributed by atoms with E-state index in [2.05, 4.69) is 5.32 Å². The number of carbonyl (C=O) groups is 2. The van der Waals surface area contributed by atoms with Gasteiger partial charge in [-0.25, -0.2) is 4.39 Å².